The van der Waals surface area contributed by atoms with Gasteiger partial charge in [0, 0.05) is 11.1 Å². The molecule has 1 saturated carbocycles. The number of halogens is 1. The number of benzene rings is 1. The maximum Gasteiger partial charge on any atom is 0.262 e. The minimum atomic E-state index is -0.309. The molecule has 1 aromatic rings. The Morgan fingerprint density at radius 3 is 2.76 bits per heavy atom. The van der Waals surface area contributed by atoms with Gasteiger partial charge in [-0.1, -0.05) is 49.6 Å². The molecule has 21 heavy (non-hydrogen) atoms. The first kappa shape index (κ1) is 15.6. The third kappa shape index (κ3) is 4.09. The maximum absolute atomic E-state index is 12.3. The molecule has 110 valence electrons. The highest BCUT2D eigenvalue weighted by Crippen LogP contribution is 2.24. The van der Waals surface area contributed by atoms with E-state index in [0.29, 0.717) is 16.5 Å². The first-order valence-corrected chi connectivity index (χ1v) is 7.67. The van der Waals surface area contributed by atoms with Crippen LogP contribution in [0.25, 0.3) is 6.08 Å². The van der Waals surface area contributed by atoms with Gasteiger partial charge in [-0.3, -0.25) is 4.79 Å². The number of nitrogens with one attached hydrogen (secondary N) is 1. The van der Waals surface area contributed by atoms with E-state index >= 15 is 0 Å². The molecule has 1 amide bonds. The van der Waals surface area contributed by atoms with Crippen LogP contribution in [0.15, 0.2) is 29.8 Å². The van der Waals surface area contributed by atoms with E-state index in [1.807, 2.05) is 18.2 Å². The minimum absolute atomic E-state index is 0.0980. The topological polar surface area (TPSA) is 52.9 Å². The van der Waals surface area contributed by atoms with Gasteiger partial charge in [-0.15, -0.1) is 0 Å². The van der Waals surface area contributed by atoms with Gasteiger partial charge in [0.05, 0.1) is 0 Å². The number of carbonyl (C=O) groups is 1. The molecular formula is C17H19ClN2O. The zero-order valence-corrected chi connectivity index (χ0v) is 12.9. The first-order valence-electron chi connectivity index (χ1n) is 7.29. The standard InChI is InChI=1S/C17H19ClN2O/c1-12-6-2-5-9-16(12)20-17(21)14(11-19)10-13-7-3-4-8-15(13)18/h3-4,7-8,10,12,16H,2,5-6,9H2,1H3,(H,20,21)/b14-10+. The molecule has 2 unspecified atom stereocenters. The molecule has 0 heterocycles. The Balaban J connectivity index is 2.12. The first-order chi connectivity index (χ1) is 10.1. The summed E-state index contributed by atoms with van der Waals surface area (Å²) in [4.78, 5) is 12.3. The summed E-state index contributed by atoms with van der Waals surface area (Å²) in [5.41, 5.74) is 0.781. The molecule has 1 aliphatic rings. The molecule has 0 bridgehead atoms. The Labute approximate surface area is 130 Å². The molecule has 1 aromatic carbocycles. The van der Waals surface area contributed by atoms with Crippen LogP contribution in [0.4, 0.5) is 0 Å². The smallest absolute Gasteiger partial charge is 0.262 e. The molecule has 0 aromatic heterocycles. The summed E-state index contributed by atoms with van der Waals surface area (Å²) in [7, 11) is 0. The molecule has 0 spiro atoms. The summed E-state index contributed by atoms with van der Waals surface area (Å²) in [5.74, 6) is 0.152. The van der Waals surface area contributed by atoms with Gasteiger partial charge < -0.3 is 5.32 Å². The van der Waals surface area contributed by atoms with E-state index in [1.54, 1.807) is 18.2 Å². The molecule has 0 radical (unpaired) electrons. The zero-order valence-electron chi connectivity index (χ0n) is 12.1. The van der Waals surface area contributed by atoms with Crippen molar-refractivity contribution in [3.63, 3.8) is 0 Å². The van der Waals surface area contributed by atoms with Crippen molar-refractivity contribution in [1.82, 2.24) is 5.32 Å². The number of amides is 1. The number of hydrogen-bond donors (Lipinski definition) is 1. The fraction of sp³-hybridized carbons (Fsp3) is 0.412. The van der Waals surface area contributed by atoms with E-state index in [4.69, 9.17) is 11.6 Å². The Morgan fingerprint density at radius 2 is 2.10 bits per heavy atom. The Bertz CT molecular complexity index is 589. The lowest BCUT2D eigenvalue weighted by atomic mass is 9.86. The largest absolute Gasteiger partial charge is 0.348 e. The second kappa shape index (κ2) is 7.28. The highest BCUT2D eigenvalue weighted by Gasteiger charge is 2.24. The van der Waals surface area contributed by atoms with Crippen molar-refractivity contribution in [1.29, 1.82) is 5.26 Å². The van der Waals surface area contributed by atoms with Crippen molar-refractivity contribution in [2.75, 3.05) is 0 Å². The molecule has 2 rings (SSSR count). The number of hydrogen-bond acceptors (Lipinski definition) is 2. The molecule has 1 aliphatic carbocycles. The molecule has 1 fully saturated rings. The SMILES string of the molecule is CC1CCCCC1NC(=O)/C(C#N)=C/c1ccccc1Cl. The number of nitriles is 1. The van der Waals surface area contributed by atoms with E-state index in [9.17, 15) is 10.1 Å². The molecule has 4 heteroatoms. The van der Waals surface area contributed by atoms with Gasteiger partial charge in [0.2, 0.25) is 0 Å². The average Bonchev–Trinajstić information content (AvgIpc) is 2.48. The molecule has 1 N–H and O–H groups in total. The number of nitrogens with zero attached hydrogens (tertiary/aromatic N) is 1. The van der Waals surface area contributed by atoms with Crippen LogP contribution >= 0.6 is 11.6 Å². The lowest BCUT2D eigenvalue weighted by Crippen LogP contribution is -2.41. The summed E-state index contributed by atoms with van der Waals surface area (Å²) in [6.07, 6.45) is 6.00. The zero-order chi connectivity index (χ0) is 15.2. The van der Waals surface area contributed by atoms with Crippen molar-refractivity contribution in [3.05, 3.63) is 40.4 Å². The Kier molecular flexibility index (Phi) is 5.41. The maximum atomic E-state index is 12.3. The number of rotatable bonds is 3. The molecule has 0 aliphatic heterocycles. The minimum Gasteiger partial charge on any atom is -0.348 e. The third-order valence-electron chi connectivity index (χ3n) is 4.00. The van der Waals surface area contributed by atoms with Crippen molar-refractivity contribution < 1.29 is 4.79 Å². The second-order valence-electron chi connectivity index (χ2n) is 5.53. The average molecular weight is 303 g/mol. The predicted octanol–water partition coefficient (Wildman–Crippen LogP) is 3.94. The summed E-state index contributed by atoms with van der Waals surface area (Å²) < 4.78 is 0. The van der Waals surface area contributed by atoms with Gasteiger partial charge in [-0.05, 0) is 36.5 Å². The fourth-order valence-corrected chi connectivity index (χ4v) is 2.86. The van der Waals surface area contributed by atoms with E-state index in [0.717, 1.165) is 19.3 Å². The summed E-state index contributed by atoms with van der Waals surface area (Å²) in [6.45, 7) is 2.15. The van der Waals surface area contributed by atoms with Crippen molar-refractivity contribution >= 4 is 23.6 Å². The lowest BCUT2D eigenvalue weighted by molar-refractivity contribution is -0.118. The Morgan fingerprint density at radius 1 is 1.38 bits per heavy atom. The van der Waals surface area contributed by atoms with Gasteiger partial charge in [-0.25, -0.2) is 0 Å². The van der Waals surface area contributed by atoms with E-state index in [2.05, 4.69) is 12.2 Å². The van der Waals surface area contributed by atoms with Crippen molar-refractivity contribution in [2.45, 2.75) is 38.6 Å². The summed E-state index contributed by atoms with van der Waals surface area (Å²) in [5, 5.41) is 12.7. The Hall–Kier alpha value is -1.79. The third-order valence-corrected chi connectivity index (χ3v) is 4.34. The quantitative estimate of drug-likeness (QED) is 0.679. The van der Waals surface area contributed by atoms with Gasteiger partial charge >= 0.3 is 0 Å². The van der Waals surface area contributed by atoms with E-state index in [-0.39, 0.29) is 17.5 Å². The van der Waals surface area contributed by atoms with Gasteiger partial charge in [-0.2, -0.15) is 5.26 Å². The van der Waals surface area contributed by atoms with Crippen LogP contribution < -0.4 is 5.32 Å². The summed E-state index contributed by atoms with van der Waals surface area (Å²) in [6, 6.07) is 9.30. The monoisotopic (exact) mass is 302 g/mol. The highest BCUT2D eigenvalue weighted by atomic mass is 35.5. The van der Waals surface area contributed by atoms with Crippen LogP contribution in [0.5, 0.6) is 0 Å². The molecular weight excluding hydrogens is 284 g/mol. The van der Waals surface area contributed by atoms with Crippen LogP contribution in [-0.4, -0.2) is 11.9 Å². The van der Waals surface area contributed by atoms with Gasteiger partial charge in [0.1, 0.15) is 11.6 Å². The lowest BCUT2D eigenvalue weighted by Gasteiger charge is -2.29. The highest BCUT2D eigenvalue weighted by molar-refractivity contribution is 6.32. The van der Waals surface area contributed by atoms with Gasteiger partial charge in [0.15, 0.2) is 0 Å². The van der Waals surface area contributed by atoms with Gasteiger partial charge in [0.25, 0.3) is 5.91 Å². The predicted molar refractivity (Wildman–Crippen MR) is 84.6 cm³/mol. The number of carbonyl (C=O) groups excluding carboxylic acids is 1. The fourth-order valence-electron chi connectivity index (χ4n) is 2.67. The van der Waals surface area contributed by atoms with E-state index in [1.165, 1.54) is 6.42 Å². The van der Waals surface area contributed by atoms with Crippen LogP contribution in [-0.2, 0) is 4.79 Å². The molecule has 2 atom stereocenters. The van der Waals surface area contributed by atoms with Crippen LogP contribution in [0.3, 0.4) is 0 Å². The molecule has 0 saturated heterocycles. The second-order valence-corrected chi connectivity index (χ2v) is 5.94. The van der Waals surface area contributed by atoms with Crippen molar-refractivity contribution in [3.8, 4) is 6.07 Å². The van der Waals surface area contributed by atoms with E-state index < -0.39 is 0 Å². The van der Waals surface area contributed by atoms with Crippen LogP contribution in [0, 0.1) is 17.2 Å². The summed E-state index contributed by atoms with van der Waals surface area (Å²) >= 11 is 6.06. The van der Waals surface area contributed by atoms with Crippen LogP contribution in [0.2, 0.25) is 5.02 Å². The molecule has 3 nitrogen and oxygen atoms in total. The van der Waals surface area contributed by atoms with Crippen LogP contribution in [0.1, 0.15) is 38.2 Å². The van der Waals surface area contributed by atoms with Crippen molar-refractivity contribution in [2.24, 2.45) is 5.92 Å². The normalized spacial score (nSPS) is 22.4.